The number of hydrogen-bond acceptors (Lipinski definition) is 2. The van der Waals surface area contributed by atoms with Crippen molar-refractivity contribution in [2.45, 2.75) is 51.6 Å². The van der Waals surface area contributed by atoms with Gasteiger partial charge in [0.15, 0.2) is 0 Å². The molecule has 1 saturated heterocycles. The van der Waals surface area contributed by atoms with Gasteiger partial charge in [0.2, 0.25) is 0 Å². The number of hydrogen-bond donors (Lipinski definition) is 0. The molecule has 1 saturated carbocycles. The van der Waals surface area contributed by atoms with Crippen LogP contribution in [0.5, 0.6) is 0 Å². The molecule has 1 aliphatic carbocycles. The highest BCUT2D eigenvalue weighted by atomic mass is 16.5. The first-order valence-electron chi connectivity index (χ1n) is 5.49. The summed E-state index contributed by atoms with van der Waals surface area (Å²) in [4.78, 5) is 11.0. The molecule has 0 aromatic rings. The Hall–Kier alpha value is -0.530. The maximum absolute atomic E-state index is 11.0. The first-order valence-corrected chi connectivity index (χ1v) is 5.49. The Kier molecular flexibility index (Phi) is 2.56. The van der Waals surface area contributed by atoms with Crippen molar-refractivity contribution in [2.24, 2.45) is 11.8 Å². The van der Waals surface area contributed by atoms with E-state index in [2.05, 4.69) is 6.92 Å². The molecule has 0 spiro atoms. The zero-order valence-corrected chi connectivity index (χ0v) is 8.29. The quantitative estimate of drug-likeness (QED) is 0.627. The van der Waals surface area contributed by atoms with Gasteiger partial charge in [-0.15, -0.1) is 0 Å². The summed E-state index contributed by atoms with van der Waals surface area (Å²) in [5.41, 5.74) is 0. The lowest BCUT2D eigenvalue weighted by Crippen LogP contribution is -2.23. The van der Waals surface area contributed by atoms with E-state index in [1.807, 2.05) is 0 Å². The normalized spacial score (nSPS) is 38.5. The monoisotopic (exact) mass is 182 g/mol. The lowest BCUT2D eigenvalue weighted by Gasteiger charge is -2.22. The second-order valence-corrected chi connectivity index (χ2v) is 4.40. The van der Waals surface area contributed by atoms with Crippen molar-refractivity contribution in [3.63, 3.8) is 0 Å². The second-order valence-electron chi connectivity index (χ2n) is 4.40. The van der Waals surface area contributed by atoms with Crippen molar-refractivity contribution in [1.29, 1.82) is 0 Å². The third-order valence-corrected chi connectivity index (χ3v) is 3.36. The Labute approximate surface area is 79.7 Å². The van der Waals surface area contributed by atoms with Gasteiger partial charge in [-0.05, 0) is 37.5 Å². The average Bonchev–Trinajstić information content (AvgIpc) is 2.83. The van der Waals surface area contributed by atoms with Crippen molar-refractivity contribution < 1.29 is 9.53 Å². The highest BCUT2D eigenvalue weighted by molar-refractivity contribution is 5.70. The fourth-order valence-corrected chi connectivity index (χ4v) is 2.38. The summed E-state index contributed by atoms with van der Waals surface area (Å²) < 4.78 is 5.29. The molecular weight excluding hydrogens is 164 g/mol. The van der Waals surface area contributed by atoms with Gasteiger partial charge in [-0.25, -0.2) is 0 Å². The van der Waals surface area contributed by atoms with E-state index in [0.717, 1.165) is 31.1 Å². The van der Waals surface area contributed by atoms with E-state index in [1.165, 1.54) is 12.8 Å². The smallest absolute Gasteiger partial charge is 0.306 e. The summed E-state index contributed by atoms with van der Waals surface area (Å²) in [5, 5.41) is 0. The van der Waals surface area contributed by atoms with Crippen molar-refractivity contribution in [1.82, 2.24) is 0 Å². The van der Waals surface area contributed by atoms with E-state index in [9.17, 15) is 4.79 Å². The number of ether oxygens (including phenoxy) is 1. The minimum absolute atomic E-state index is 0.0185. The van der Waals surface area contributed by atoms with Gasteiger partial charge < -0.3 is 4.74 Å². The largest absolute Gasteiger partial charge is 0.462 e. The van der Waals surface area contributed by atoms with Crippen LogP contribution in [0, 0.1) is 11.8 Å². The van der Waals surface area contributed by atoms with Gasteiger partial charge in [0.25, 0.3) is 0 Å². The van der Waals surface area contributed by atoms with Gasteiger partial charge in [0, 0.05) is 6.42 Å². The summed E-state index contributed by atoms with van der Waals surface area (Å²) in [7, 11) is 0. The Morgan fingerprint density at radius 2 is 2.31 bits per heavy atom. The maximum atomic E-state index is 11.0. The average molecular weight is 182 g/mol. The van der Waals surface area contributed by atoms with E-state index >= 15 is 0 Å². The molecule has 13 heavy (non-hydrogen) atoms. The molecule has 0 aromatic heterocycles. The summed E-state index contributed by atoms with van der Waals surface area (Å²) in [6.07, 6.45) is 6.81. The molecule has 74 valence electrons. The van der Waals surface area contributed by atoms with Gasteiger partial charge in [-0.2, -0.15) is 0 Å². The van der Waals surface area contributed by atoms with Crippen LogP contribution in [-0.2, 0) is 9.53 Å². The topological polar surface area (TPSA) is 26.3 Å². The summed E-state index contributed by atoms with van der Waals surface area (Å²) >= 11 is 0. The molecule has 0 unspecified atom stereocenters. The molecule has 1 aliphatic heterocycles. The number of cyclic esters (lactones) is 1. The predicted molar refractivity (Wildman–Crippen MR) is 50.2 cm³/mol. The second kappa shape index (κ2) is 3.69. The Bertz CT molecular complexity index is 200. The number of esters is 1. The fourth-order valence-electron chi connectivity index (χ4n) is 2.38. The van der Waals surface area contributed by atoms with Gasteiger partial charge in [-0.3, -0.25) is 4.79 Å². The van der Waals surface area contributed by atoms with E-state index in [-0.39, 0.29) is 12.1 Å². The molecule has 2 fully saturated rings. The lowest BCUT2D eigenvalue weighted by molar-refractivity contribution is -0.154. The van der Waals surface area contributed by atoms with Gasteiger partial charge in [0.05, 0.1) is 0 Å². The lowest BCUT2D eigenvalue weighted by atomic mass is 10.0. The molecule has 3 atom stereocenters. The van der Waals surface area contributed by atoms with Gasteiger partial charge in [-0.1, -0.05) is 13.3 Å². The minimum atomic E-state index is 0.0185. The molecular formula is C11H18O2. The van der Waals surface area contributed by atoms with Crippen molar-refractivity contribution in [3.8, 4) is 0 Å². The summed E-state index contributed by atoms with van der Waals surface area (Å²) in [6, 6.07) is 0. The SMILES string of the molecule is CC[C@@H]1C[C@@H]1C[C@H]1CCCC(=O)O1. The molecule has 0 N–H and O–H groups in total. The van der Waals surface area contributed by atoms with E-state index < -0.39 is 0 Å². The van der Waals surface area contributed by atoms with E-state index in [0.29, 0.717) is 6.42 Å². The molecule has 2 heteroatoms. The molecule has 0 amide bonds. The molecule has 0 bridgehead atoms. The van der Waals surface area contributed by atoms with Gasteiger partial charge >= 0.3 is 5.97 Å². The molecule has 0 aromatic carbocycles. The first kappa shape index (κ1) is 9.04. The predicted octanol–water partition coefficient (Wildman–Crippen LogP) is 2.52. The minimum Gasteiger partial charge on any atom is -0.462 e. The van der Waals surface area contributed by atoms with Crippen LogP contribution in [0.25, 0.3) is 0 Å². The van der Waals surface area contributed by atoms with E-state index in [4.69, 9.17) is 4.74 Å². The third kappa shape index (κ3) is 2.23. The molecule has 2 rings (SSSR count). The van der Waals surface area contributed by atoms with Crippen LogP contribution in [-0.4, -0.2) is 12.1 Å². The van der Waals surface area contributed by atoms with Crippen molar-refractivity contribution >= 4 is 5.97 Å². The van der Waals surface area contributed by atoms with Crippen molar-refractivity contribution in [2.75, 3.05) is 0 Å². The number of carbonyl (C=O) groups excluding carboxylic acids is 1. The van der Waals surface area contributed by atoms with Gasteiger partial charge in [0.1, 0.15) is 6.10 Å². The van der Waals surface area contributed by atoms with Crippen LogP contribution in [0.1, 0.15) is 45.4 Å². The molecule has 2 aliphatic rings. The Morgan fingerprint density at radius 3 is 2.92 bits per heavy atom. The summed E-state index contributed by atoms with van der Waals surface area (Å²) in [5.74, 6) is 1.81. The van der Waals surface area contributed by atoms with E-state index in [1.54, 1.807) is 0 Å². The van der Waals surface area contributed by atoms with Crippen LogP contribution < -0.4 is 0 Å². The zero-order valence-electron chi connectivity index (χ0n) is 8.29. The highest BCUT2D eigenvalue weighted by Gasteiger charge is 2.38. The number of carbonyl (C=O) groups is 1. The van der Waals surface area contributed by atoms with Crippen molar-refractivity contribution in [3.05, 3.63) is 0 Å². The first-order chi connectivity index (χ1) is 6.29. The van der Waals surface area contributed by atoms with Crippen LogP contribution in [0.3, 0.4) is 0 Å². The molecule has 2 nitrogen and oxygen atoms in total. The standard InChI is InChI=1S/C11H18O2/c1-2-8-6-9(8)7-10-4-3-5-11(12)13-10/h8-10H,2-7H2,1H3/t8-,9-,10-/m1/s1. The number of rotatable bonds is 3. The fraction of sp³-hybridized carbons (Fsp3) is 0.909. The Balaban J connectivity index is 1.72. The third-order valence-electron chi connectivity index (χ3n) is 3.36. The van der Waals surface area contributed by atoms with Crippen LogP contribution in [0.2, 0.25) is 0 Å². The zero-order chi connectivity index (χ0) is 9.26. The van der Waals surface area contributed by atoms with Crippen LogP contribution in [0.4, 0.5) is 0 Å². The Morgan fingerprint density at radius 1 is 1.46 bits per heavy atom. The molecule has 1 heterocycles. The van der Waals surface area contributed by atoms with Crippen LogP contribution >= 0.6 is 0 Å². The maximum Gasteiger partial charge on any atom is 0.306 e. The summed E-state index contributed by atoms with van der Waals surface area (Å²) in [6.45, 7) is 2.25. The highest BCUT2D eigenvalue weighted by Crippen LogP contribution is 2.45. The van der Waals surface area contributed by atoms with Crippen LogP contribution in [0.15, 0.2) is 0 Å². The molecule has 0 radical (unpaired) electrons.